The second-order valence-corrected chi connectivity index (χ2v) is 8.43. The Labute approximate surface area is 218 Å². The lowest BCUT2D eigenvalue weighted by molar-refractivity contribution is 0.0906. The monoisotopic (exact) mass is 520 g/mol. The maximum Gasteiger partial charge on any atom is 0.210 e. The van der Waals surface area contributed by atoms with Crippen LogP contribution in [0.3, 0.4) is 0 Å². The number of ketones is 4. The first-order chi connectivity index (χ1) is 18.5. The molecule has 10 nitrogen and oxygen atoms in total. The topological polar surface area (TPSA) is 151 Å². The van der Waals surface area contributed by atoms with Gasteiger partial charge in [-0.25, -0.2) is 0 Å². The second-order valence-electron chi connectivity index (χ2n) is 8.43. The molecule has 2 aromatic carbocycles. The number of ether oxygens (including phenoxy) is 2. The summed E-state index contributed by atoms with van der Waals surface area (Å²) in [7, 11) is 0. The average Bonchev–Trinajstić information content (AvgIpc) is 2.94. The predicted molar refractivity (Wildman–Crippen MR) is 136 cm³/mol. The van der Waals surface area contributed by atoms with Gasteiger partial charge in [0.1, 0.15) is 0 Å². The second kappa shape index (κ2) is 12.5. The van der Waals surface area contributed by atoms with Gasteiger partial charge in [0.25, 0.3) is 0 Å². The molecule has 2 aromatic rings. The van der Waals surface area contributed by atoms with Gasteiger partial charge < -0.3 is 30.3 Å². The van der Waals surface area contributed by atoms with Gasteiger partial charge in [0.05, 0.1) is 62.2 Å². The van der Waals surface area contributed by atoms with Crippen molar-refractivity contribution in [2.24, 2.45) is 0 Å². The lowest BCUT2D eigenvalue weighted by Crippen LogP contribution is -2.38. The van der Waals surface area contributed by atoms with Crippen LogP contribution in [0.15, 0.2) is 71.1 Å². The van der Waals surface area contributed by atoms with Gasteiger partial charge in [0.2, 0.25) is 11.6 Å². The number of carbonyl (C=O) groups is 4. The molecule has 0 spiro atoms. The zero-order chi connectivity index (χ0) is 27.1. The van der Waals surface area contributed by atoms with Gasteiger partial charge in [0.15, 0.2) is 11.6 Å². The van der Waals surface area contributed by atoms with E-state index in [4.69, 9.17) is 19.7 Å². The molecule has 10 heteroatoms. The fourth-order valence-corrected chi connectivity index (χ4v) is 4.40. The molecule has 4 N–H and O–H groups in total. The van der Waals surface area contributed by atoms with Gasteiger partial charge >= 0.3 is 0 Å². The van der Waals surface area contributed by atoms with Crippen LogP contribution in [0.4, 0.5) is 0 Å². The summed E-state index contributed by atoms with van der Waals surface area (Å²) >= 11 is 0. The molecule has 0 heterocycles. The molecule has 0 saturated heterocycles. The van der Waals surface area contributed by atoms with Gasteiger partial charge in [0, 0.05) is 35.3 Å². The Balaban J connectivity index is 1.84. The highest BCUT2D eigenvalue weighted by Crippen LogP contribution is 2.36. The number of fused-ring (bicyclic) bond motifs is 2. The molecule has 38 heavy (non-hydrogen) atoms. The minimum atomic E-state index is -0.565. The number of aliphatic hydroxyl groups excluding tert-OH is 2. The van der Waals surface area contributed by atoms with Crippen LogP contribution in [0.5, 0.6) is 0 Å². The molecule has 2 aliphatic rings. The predicted octanol–water partition coefficient (Wildman–Crippen LogP) is 0.850. The van der Waals surface area contributed by atoms with E-state index in [0.29, 0.717) is 0 Å². The van der Waals surface area contributed by atoms with Crippen molar-refractivity contribution < 1.29 is 38.9 Å². The van der Waals surface area contributed by atoms with Crippen LogP contribution < -0.4 is 10.6 Å². The highest BCUT2D eigenvalue weighted by atomic mass is 16.5. The van der Waals surface area contributed by atoms with E-state index in [1.54, 1.807) is 24.3 Å². The Bertz CT molecular complexity index is 1230. The van der Waals surface area contributed by atoms with Gasteiger partial charge in [-0.15, -0.1) is 0 Å². The minimum Gasteiger partial charge on any atom is -0.394 e. The molecule has 0 bridgehead atoms. The number of hydrogen-bond acceptors (Lipinski definition) is 10. The molecule has 198 valence electrons. The molecule has 0 unspecified atom stereocenters. The fraction of sp³-hybridized carbons (Fsp3) is 0.286. The fourth-order valence-electron chi connectivity index (χ4n) is 4.40. The molecule has 0 radical (unpaired) electrons. The van der Waals surface area contributed by atoms with Crippen molar-refractivity contribution in [2.75, 3.05) is 52.7 Å². The highest BCUT2D eigenvalue weighted by Gasteiger charge is 2.41. The molecular formula is C28H28N2O8. The van der Waals surface area contributed by atoms with E-state index < -0.39 is 23.1 Å². The summed E-state index contributed by atoms with van der Waals surface area (Å²) in [6, 6.07) is 12.6. The van der Waals surface area contributed by atoms with Crippen molar-refractivity contribution in [2.45, 2.75) is 0 Å². The van der Waals surface area contributed by atoms with Crippen molar-refractivity contribution in [3.63, 3.8) is 0 Å². The van der Waals surface area contributed by atoms with Crippen LogP contribution in [0, 0.1) is 0 Å². The third-order valence-electron chi connectivity index (χ3n) is 6.06. The van der Waals surface area contributed by atoms with Crippen molar-refractivity contribution in [1.82, 2.24) is 10.6 Å². The number of nitrogens with one attached hydrogen (secondary N) is 2. The van der Waals surface area contributed by atoms with Crippen molar-refractivity contribution in [3.05, 3.63) is 93.3 Å². The minimum absolute atomic E-state index is 0.102. The average molecular weight is 521 g/mol. The Morgan fingerprint density at radius 2 is 0.868 bits per heavy atom. The van der Waals surface area contributed by atoms with Crippen LogP contribution in [-0.4, -0.2) is 86.1 Å². The summed E-state index contributed by atoms with van der Waals surface area (Å²) in [5.41, 5.74) is 0.0361. The first kappa shape index (κ1) is 27.1. The maximum atomic E-state index is 13.8. The van der Waals surface area contributed by atoms with E-state index >= 15 is 0 Å². The van der Waals surface area contributed by atoms with Crippen LogP contribution in [0.2, 0.25) is 0 Å². The number of Topliss-reactive ketones (excluding diaryl/α,β-unsaturated/α-hetero) is 4. The summed E-state index contributed by atoms with van der Waals surface area (Å²) in [5.74, 6) is -2.11. The van der Waals surface area contributed by atoms with E-state index in [1.807, 2.05) is 0 Å². The normalized spacial score (nSPS) is 15.1. The number of benzene rings is 2. The summed E-state index contributed by atoms with van der Waals surface area (Å²) < 4.78 is 10.5. The summed E-state index contributed by atoms with van der Waals surface area (Å²) in [6.07, 6.45) is 0. The van der Waals surface area contributed by atoms with Gasteiger partial charge in [-0.2, -0.15) is 0 Å². The molecule has 0 aromatic heterocycles. The van der Waals surface area contributed by atoms with E-state index in [2.05, 4.69) is 10.6 Å². The Kier molecular flexibility index (Phi) is 8.93. The third kappa shape index (κ3) is 5.34. The Morgan fingerprint density at radius 3 is 1.21 bits per heavy atom. The number of rotatable bonds is 13. The van der Waals surface area contributed by atoms with Gasteiger partial charge in [-0.3, -0.25) is 19.2 Å². The smallest absolute Gasteiger partial charge is 0.210 e. The SMILES string of the molecule is O=C1C(NCCOCCO)=C(C2=C(NCCOCCO)C(=O)c3ccccc3C2=O)C(=O)c2ccccc21. The molecule has 0 fully saturated rings. The maximum absolute atomic E-state index is 13.8. The summed E-state index contributed by atoms with van der Waals surface area (Å²) in [5, 5.41) is 23.7. The van der Waals surface area contributed by atoms with Crippen LogP contribution in [0.25, 0.3) is 0 Å². The largest absolute Gasteiger partial charge is 0.394 e. The highest BCUT2D eigenvalue weighted by molar-refractivity contribution is 6.36. The van der Waals surface area contributed by atoms with E-state index in [-0.39, 0.29) is 97.5 Å². The molecule has 0 amide bonds. The van der Waals surface area contributed by atoms with Crippen LogP contribution in [-0.2, 0) is 9.47 Å². The zero-order valence-corrected chi connectivity index (χ0v) is 20.6. The van der Waals surface area contributed by atoms with Crippen LogP contribution >= 0.6 is 0 Å². The molecule has 0 aliphatic heterocycles. The first-order valence-electron chi connectivity index (χ1n) is 12.2. The number of allylic oxidation sites excluding steroid dienone is 4. The lowest BCUT2D eigenvalue weighted by atomic mass is 9.77. The number of carbonyl (C=O) groups excluding carboxylic acids is 4. The standard InChI is InChI=1S/C28H28N2O8/c31-11-15-37-13-9-29-23-21(25(33)17-5-1-3-7-19(17)27(23)35)22-24(30-10-14-38-16-12-32)28(36)20-8-4-2-6-18(20)26(22)34/h1-8,29-32H,9-16H2. The lowest BCUT2D eigenvalue weighted by Gasteiger charge is -2.27. The van der Waals surface area contributed by atoms with Gasteiger partial charge in [-0.1, -0.05) is 48.5 Å². The molecule has 0 saturated carbocycles. The third-order valence-corrected chi connectivity index (χ3v) is 6.06. The summed E-state index contributed by atoms with van der Waals surface area (Å²) in [4.78, 5) is 54.8. The van der Waals surface area contributed by atoms with E-state index in [9.17, 15) is 19.2 Å². The van der Waals surface area contributed by atoms with Crippen molar-refractivity contribution in [3.8, 4) is 0 Å². The van der Waals surface area contributed by atoms with Crippen molar-refractivity contribution in [1.29, 1.82) is 0 Å². The van der Waals surface area contributed by atoms with E-state index in [0.717, 1.165) is 0 Å². The molecular weight excluding hydrogens is 492 g/mol. The first-order valence-corrected chi connectivity index (χ1v) is 12.2. The Hall–Kier alpha value is -3.96. The number of aliphatic hydroxyl groups is 2. The van der Waals surface area contributed by atoms with Gasteiger partial charge in [-0.05, 0) is 0 Å². The van der Waals surface area contributed by atoms with Crippen molar-refractivity contribution >= 4 is 23.1 Å². The zero-order valence-electron chi connectivity index (χ0n) is 20.6. The molecule has 0 atom stereocenters. The van der Waals surface area contributed by atoms with E-state index in [1.165, 1.54) is 24.3 Å². The molecule has 4 rings (SSSR count). The number of hydrogen-bond donors (Lipinski definition) is 4. The quantitative estimate of drug-likeness (QED) is 0.280. The Morgan fingerprint density at radius 1 is 0.526 bits per heavy atom. The molecule has 2 aliphatic carbocycles. The van der Waals surface area contributed by atoms with Crippen LogP contribution in [0.1, 0.15) is 41.4 Å². The summed E-state index contributed by atoms with van der Waals surface area (Å²) in [6.45, 7) is 0.352.